The first-order valence-corrected chi connectivity index (χ1v) is 12.6. The quantitative estimate of drug-likeness (QED) is 0.438. The molecule has 0 spiro atoms. The van der Waals surface area contributed by atoms with Crippen LogP contribution >= 0.6 is 12.2 Å². The van der Waals surface area contributed by atoms with E-state index in [2.05, 4.69) is 15.5 Å². The summed E-state index contributed by atoms with van der Waals surface area (Å²) >= 11 is 5.55. The van der Waals surface area contributed by atoms with Gasteiger partial charge in [-0.2, -0.15) is 0 Å². The number of nitrogens with one attached hydrogen (secondary N) is 2. The summed E-state index contributed by atoms with van der Waals surface area (Å²) < 4.78 is 16.2. The molecule has 3 heterocycles. The Balaban J connectivity index is 1.10. The fraction of sp³-hybridized carbons (Fsp3) is 0.625. The molecule has 1 aromatic carbocycles. The molecular formula is C24H32N4O5S. The lowest BCUT2D eigenvalue weighted by atomic mass is 9.76. The molecule has 0 bridgehead atoms. The second-order valence-corrected chi connectivity index (χ2v) is 9.77. The molecule has 1 aliphatic carbocycles. The van der Waals surface area contributed by atoms with Crippen LogP contribution in [0.3, 0.4) is 0 Å². The van der Waals surface area contributed by atoms with Gasteiger partial charge in [0.2, 0.25) is 18.6 Å². The molecule has 3 aliphatic heterocycles. The van der Waals surface area contributed by atoms with E-state index >= 15 is 0 Å². The summed E-state index contributed by atoms with van der Waals surface area (Å²) in [6.45, 7) is 5.76. The Hall–Kier alpha value is -2.43. The number of hydrogen-bond donors (Lipinski definition) is 2. The largest absolute Gasteiger partial charge is 0.454 e. The fourth-order valence-corrected chi connectivity index (χ4v) is 5.56. The van der Waals surface area contributed by atoms with Crippen LogP contribution in [-0.2, 0) is 20.9 Å². The number of amides is 2. The Kier molecular flexibility index (Phi) is 7.17. The van der Waals surface area contributed by atoms with Crippen LogP contribution in [0, 0.1) is 11.8 Å². The first-order valence-electron chi connectivity index (χ1n) is 12.2. The Morgan fingerprint density at radius 1 is 1.18 bits per heavy atom. The van der Waals surface area contributed by atoms with Gasteiger partial charge < -0.3 is 24.8 Å². The highest BCUT2D eigenvalue weighted by atomic mass is 32.1. The maximum absolute atomic E-state index is 13.3. The van der Waals surface area contributed by atoms with Crippen LogP contribution in [0.15, 0.2) is 18.2 Å². The topological polar surface area (TPSA) is 92.4 Å². The number of fused-ring (bicyclic) bond motifs is 2. The first-order chi connectivity index (χ1) is 16.6. The lowest BCUT2D eigenvalue weighted by Gasteiger charge is -2.43. The number of rotatable bonds is 7. The van der Waals surface area contributed by atoms with E-state index in [0.717, 1.165) is 44.8 Å². The molecule has 10 heteroatoms. The van der Waals surface area contributed by atoms with E-state index in [9.17, 15) is 9.59 Å². The average molecular weight is 489 g/mol. The van der Waals surface area contributed by atoms with Gasteiger partial charge in [-0.15, -0.1) is 0 Å². The molecule has 2 saturated heterocycles. The van der Waals surface area contributed by atoms with Crippen molar-refractivity contribution >= 4 is 29.1 Å². The van der Waals surface area contributed by atoms with E-state index < -0.39 is 0 Å². The Morgan fingerprint density at radius 3 is 2.85 bits per heavy atom. The molecule has 5 rings (SSSR count). The predicted octanol–water partition coefficient (Wildman–Crippen LogP) is 1.26. The summed E-state index contributed by atoms with van der Waals surface area (Å²) in [6, 6.07) is 5.59. The number of hydrogen-bond acceptors (Lipinski definition) is 7. The summed E-state index contributed by atoms with van der Waals surface area (Å²) in [5, 5.41) is 6.87. The molecular weight excluding hydrogens is 456 g/mol. The zero-order chi connectivity index (χ0) is 23.5. The minimum absolute atomic E-state index is 0.0378. The van der Waals surface area contributed by atoms with Crippen LogP contribution in [0.5, 0.6) is 11.5 Å². The number of nitrogens with zero attached hydrogens (tertiary/aromatic N) is 2. The van der Waals surface area contributed by atoms with Gasteiger partial charge in [0.1, 0.15) is 0 Å². The van der Waals surface area contributed by atoms with Crippen molar-refractivity contribution in [3.8, 4) is 11.5 Å². The van der Waals surface area contributed by atoms with E-state index in [-0.39, 0.29) is 36.5 Å². The van der Waals surface area contributed by atoms with Crippen LogP contribution in [0.2, 0.25) is 0 Å². The van der Waals surface area contributed by atoms with Gasteiger partial charge in [-0.3, -0.25) is 19.4 Å². The smallest absolute Gasteiger partial charge is 0.234 e. The molecule has 2 N–H and O–H groups in total. The average Bonchev–Trinajstić information content (AvgIpc) is 3.32. The van der Waals surface area contributed by atoms with Gasteiger partial charge in [0.15, 0.2) is 16.6 Å². The van der Waals surface area contributed by atoms with Gasteiger partial charge in [0, 0.05) is 31.6 Å². The molecule has 3 fully saturated rings. The van der Waals surface area contributed by atoms with Crippen LogP contribution in [-0.4, -0.2) is 79.0 Å². The molecule has 3 unspecified atom stereocenters. The van der Waals surface area contributed by atoms with Crippen LogP contribution < -0.4 is 20.1 Å². The van der Waals surface area contributed by atoms with E-state index in [1.54, 1.807) is 4.90 Å². The third kappa shape index (κ3) is 5.13. The lowest BCUT2D eigenvalue weighted by molar-refractivity contribution is -0.138. The minimum Gasteiger partial charge on any atom is -0.454 e. The Morgan fingerprint density at radius 2 is 2.00 bits per heavy atom. The number of morpholine rings is 1. The summed E-state index contributed by atoms with van der Waals surface area (Å²) in [7, 11) is 0. The van der Waals surface area contributed by atoms with E-state index in [0.29, 0.717) is 49.0 Å². The maximum Gasteiger partial charge on any atom is 0.234 e. The first kappa shape index (κ1) is 23.3. The number of carbonyl (C=O) groups excluding carboxylic acids is 2. The zero-order valence-corrected chi connectivity index (χ0v) is 20.1. The highest BCUT2D eigenvalue weighted by Crippen LogP contribution is 2.35. The monoisotopic (exact) mass is 488 g/mol. The normalized spacial score (nSPS) is 26.7. The molecule has 34 heavy (non-hydrogen) atoms. The van der Waals surface area contributed by atoms with E-state index in [1.807, 2.05) is 18.2 Å². The molecule has 0 radical (unpaired) electrons. The molecule has 1 saturated carbocycles. The van der Waals surface area contributed by atoms with Crippen molar-refractivity contribution in [2.45, 2.75) is 38.3 Å². The molecule has 1 aromatic rings. The van der Waals surface area contributed by atoms with Crippen molar-refractivity contribution in [3.63, 3.8) is 0 Å². The Bertz CT molecular complexity index is 938. The highest BCUT2D eigenvalue weighted by molar-refractivity contribution is 7.80. The third-order valence-electron chi connectivity index (χ3n) is 7.19. The van der Waals surface area contributed by atoms with Crippen LogP contribution in [0.1, 0.15) is 31.2 Å². The van der Waals surface area contributed by atoms with Crippen molar-refractivity contribution in [3.05, 3.63) is 23.8 Å². The number of ether oxygens (including phenoxy) is 3. The van der Waals surface area contributed by atoms with Crippen molar-refractivity contribution in [1.82, 2.24) is 20.4 Å². The zero-order valence-electron chi connectivity index (χ0n) is 19.3. The van der Waals surface area contributed by atoms with Gasteiger partial charge in [-0.05, 0) is 62.1 Å². The number of carbonyl (C=O) groups is 2. The molecule has 2 amide bonds. The molecule has 3 atom stereocenters. The van der Waals surface area contributed by atoms with Gasteiger partial charge in [-0.25, -0.2) is 0 Å². The SMILES string of the molecule is O=C(NCCCN1CCOCC1)C1CCC2C(=O)N(Cc3ccc4c(c3)OCO4)C(=S)NC2C1. The van der Waals surface area contributed by atoms with Gasteiger partial charge in [0.05, 0.1) is 25.7 Å². The van der Waals surface area contributed by atoms with Crippen molar-refractivity contribution in [2.24, 2.45) is 11.8 Å². The molecule has 0 aromatic heterocycles. The summed E-state index contributed by atoms with van der Waals surface area (Å²) in [6.07, 6.45) is 2.96. The Labute approximate surface area is 205 Å². The van der Waals surface area contributed by atoms with E-state index in [4.69, 9.17) is 26.4 Å². The maximum atomic E-state index is 13.3. The minimum atomic E-state index is -0.161. The lowest BCUT2D eigenvalue weighted by Crippen LogP contribution is -2.61. The second-order valence-electron chi connectivity index (χ2n) is 9.38. The number of benzene rings is 1. The predicted molar refractivity (Wildman–Crippen MR) is 128 cm³/mol. The van der Waals surface area contributed by atoms with Gasteiger partial charge in [-0.1, -0.05) is 6.07 Å². The van der Waals surface area contributed by atoms with Crippen molar-refractivity contribution < 1.29 is 23.8 Å². The molecule has 4 aliphatic rings. The highest BCUT2D eigenvalue weighted by Gasteiger charge is 2.44. The van der Waals surface area contributed by atoms with Gasteiger partial charge in [0.25, 0.3) is 0 Å². The molecule has 9 nitrogen and oxygen atoms in total. The summed E-state index contributed by atoms with van der Waals surface area (Å²) in [5.41, 5.74) is 0.936. The van der Waals surface area contributed by atoms with Crippen LogP contribution in [0.4, 0.5) is 0 Å². The van der Waals surface area contributed by atoms with Crippen molar-refractivity contribution in [1.29, 1.82) is 0 Å². The summed E-state index contributed by atoms with van der Waals surface area (Å²) in [5.74, 6) is 1.28. The second kappa shape index (κ2) is 10.5. The fourth-order valence-electron chi connectivity index (χ4n) is 5.26. The molecule has 184 valence electrons. The van der Waals surface area contributed by atoms with Gasteiger partial charge >= 0.3 is 0 Å². The van der Waals surface area contributed by atoms with Crippen LogP contribution in [0.25, 0.3) is 0 Å². The third-order valence-corrected chi connectivity index (χ3v) is 7.53. The summed E-state index contributed by atoms with van der Waals surface area (Å²) in [4.78, 5) is 30.0. The van der Waals surface area contributed by atoms with Crippen molar-refractivity contribution in [2.75, 3.05) is 46.2 Å². The van der Waals surface area contributed by atoms with E-state index in [1.165, 1.54) is 0 Å². The standard InChI is InChI=1S/C24H32N4O5S/c29-22(25-6-1-7-27-8-10-31-11-9-27)17-3-4-18-19(13-17)26-24(34)28(23(18)30)14-16-2-5-20-21(12-16)33-15-32-20/h2,5,12,17-19H,1,3-4,6-11,13-15H2,(H,25,29)(H,26,34). The number of thiocarbonyl (C=S) groups is 1.